The SMILES string of the molecule is CCCCN1CCN(CC)C2CCn3c(c(C)c4ccccc43)C21.Cl.Cl. The lowest BCUT2D eigenvalue weighted by molar-refractivity contribution is 0.000731. The van der Waals surface area contributed by atoms with Gasteiger partial charge in [0.1, 0.15) is 0 Å². The molecule has 4 rings (SSSR count). The molecule has 26 heavy (non-hydrogen) atoms. The highest BCUT2D eigenvalue weighted by atomic mass is 35.5. The largest absolute Gasteiger partial charge is 0.343 e. The van der Waals surface area contributed by atoms with E-state index in [0.717, 1.165) is 0 Å². The van der Waals surface area contributed by atoms with Crippen molar-refractivity contribution in [3.05, 3.63) is 35.5 Å². The van der Waals surface area contributed by atoms with Gasteiger partial charge in [-0.3, -0.25) is 9.80 Å². The van der Waals surface area contributed by atoms with Crippen molar-refractivity contribution in [2.45, 2.75) is 58.7 Å². The first-order chi connectivity index (χ1) is 11.8. The molecule has 146 valence electrons. The highest BCUT2D eigenvalue weighted by Gasteiger charge is 2.41. The zero-order valence-electron chi connectivity index (χ0n) is 16.3. The van der Waals surface area contributed by atoms with Crippen LogP contribution >= 0.6 is 24.8 Å². The first-order valence-corrected chi connectivity index (χ1v) is 9.82. The van der Waals surface area contributed by atoms with E-state index in [1.54, 1.807) is 5.69 Å². The first kappa shape index (κ1) is 21.6. The molecular weight excluding hydrogens is 365 g/mol. The summed E-state index contributed by atoms with van der Waals surface area (Å²) in [5.74, 6) is 0. The minimum absolute atomic E-state index is 0. The number of unbranched alkanes of at least 4 members (excludes halogenated alkanes) is 1. The van der Waals surface area contributed by atoms with Crippen LogP contribution < -0.4 is 0 Å². The summed E-state index contributed by atoms with van der Waals surface area (Å²) >= 11 is 0. The molecule has 3 heterocycles. The van der Waals surface area contributed by atoms with Crippen LogP contribution in [0.4, 0.5) is 0 Å². The van der Waals surface area contributed by atoms with Crippen LogP contribution in [-0.2, 0) is 6.54 Å². The third-order valence-electron chi connectivity index (χ3n) is 6.31. The fourth-order valence-electron chi connectivity index (χ4n) is 5.09. The Hall–Kier alpha value is -0.740. The average Bonchev–Trinajstić information content (AvgIpc) is 2.92. The summed E-state index contributed by atoms with van der Waals surface area (Å²) in [6.07, 6.45) is 3.88. The van der Waals surface area contributed by atoms with Crippen molar-refractivity contribution in [1.82, 2.24) is 14.4 Å². The van der Waals surface area contributed by atoms with Crippen molar-refractivity contribution >= 4 is 35.7 Å². The van der Waals surface area contributed by atoms with Gasteiger partial charge < -0.3 is 4.57 Å². The van der Waals surface area contributed by atoms with Crippen molar-refractivity contribution in [3.63, 3.8) is 0 Å². The molecule has 1 saturated heterocycles. The average molecular weight is 398 g/mol. The topological polar surface area (TPSA) is 11.4 Å². The number of para-hydroxylation sites is 1. The summed E-state index contributed by atoms with van der Waals surface area (Å²) in [7, 11) is 0. The number of aryl methyl sites for hydroxylation is 2. The molecule has 1 fully saturated rings. The second-order valence-electron chi connectivity index (χ2n) is 7.50. The van der Waals surface area contributed by atoms with E-state index in [2.05, 4.69) is 59.4 Å². The van der Waals surface area contributed by atoms with Gasteiger partial charge in [0.25, 0.3) is 0 Å². The normalized spacial score (nSPS) is 23.0. The van der Waals surface area contributed by atoms with Gasteiger partial charge in [0.2, 0.25) is 0 Å². The van der Waals surface area contributed by atoms with Crippen LogP contribution in [0.15, 0.2) is 24.3 Å². The monoisotopic (exact) mass is 397 g/mol. The number of fused-ring (bicyclic) bond motifs is 5. The van der Waals surface area contributed by atoms with Gasteiger partial charge in [-0.05, 0) is 44.5 Å². The van der Waals surface area contributed by atoms with Gasteiger partial charge >= 0.3 is 0 Å². The minimum atomic E-state index is 0. The predicted molar refractivity (Wildman–Crippen MR) is 116 cm³/mol. The number of rotatable bonds is 4. The summed E-state index contributed by atoms with van der Waals surface area (Å²) in [4.78, 5) is 5.52. The lowest BCUT2D eigenvalue weighted by Gasteiger charge is -2.50. The predicted octanol–water partition coefficient (Wildman–Crippen LogP) is 5.04. The quantitative estimate of drug-likeness (QED) is 0.715. The maximum Gasteiger partial charge on any atom is 0.0662 e. The molecule has 2 atom stereocenters. The molecule has 2 unspecified atom stereocenters. The Labute approximate surface area is 170 Å². The molecule has 2 aliphatic heterocycles. The fourth-order valence-corrected chi connectivity index (χ4v) is 5.09. The van der Waals surface area contributed by atoms with Crippen molar-refractivity contribution < 1.29 is 0 Å². The number of hydrogen-bond acceptors (Lipinski definition) is 2. The smallest absolute Gasteiger partial charge is 0.0662 e. The Morgan fingerprint density at radius 1 is 1.00 bits per heavy atom. The van der Waals surface area contributed by atoms with Crippen molar-refractivity contribution in [2.75, 3.05) is 26.2 Å². The minimum Gasteiger partial charge on any atom is -0.343 e. The Morgan fingerprint density at radius 3 is 2.46 bits per heavy atom. The van der Waals surface area contributed by atoms with Crippen LogP contribution in [0.25, 0.3) is 10.9 Å². The van der Waals surface area contributed by atoms with Gasteiger partial charge in [-0.25, -0.2) is 0 Å². The third-order valence-corrected chi connectivity index (χ3v) is 6.31. The second kappa shape index (κ2) is 8.97. The van der Waals surface area contributed by atoms with Crippen LogP contribution in [0.5, 0.6) is 0 Å². The van der Waals surface area contributed by atoms with Crippen molar-refractivity contribution in [3.8, 4) is 0 Å². The Morgan fingerprint density at radius 2 is 1.73 bits per heavy atom. The number of aromatic nitrogens is 1. The molecular formula is C21H33Cl2N3. The molecule has 0 spiro atoms. The lowest BCUT2D eigenvalue weighted by atomic mass is 9.90. The lowest BCUT2D eigenvalue weighted by Crippen LogP contribution is -2.57. The van der Waals surface area contributed by atoms with Gasteiger partial charge in [0, 0.05) is 42.3 Å². The Bertz CT molecular complexity index is 727. The maximum atomic E-state index is 2.79. The van der Waals surface area contributed by atoms with E-state index in [4.69, 9.17) is 0 Å². The molecule has 0 aliphatic carbocycles. The molecule has 2 aromatic rings. The van der Waals surface area contributed by atoms with Crippen LogP contribution in [0, 0.1) is 6.92 Å². The molecule has 0 amide bonds. The summed E-state index contributed by atoms with van der Waals surface area (Å²) in [6.45, 7) is 13.0. The summed E-state index contributed by atoms with van der Waals surface area (Å²) < 4.78 is 2.63. The molecule has 0 N–H and O–H groups in total. The van der Waals surface area contributed by atoms with Crippen LogP contribution in [-0.4, -0.2) is 46.6 Å². The van der Waals surface area contributed by atoms with Crippen LogP contribution in [0.3, 0.4) is 0 Å². The molecule has 2 aliphatic rings. The zero-order valence-corrected chi connectivity index (χ0v) is 17.9. The maximum absolute atomic E-state index is 2.79. The zero-order chi connectivity index (χ0) is 16.7. The highest BCUT2D eigenvalue weighted by Crippen LogP contribution is 2.42. The summed E-state index contributed by atoms with van der Waals surface area (Å²) in [5.41, 5.74) is 4.55. The fraction of sp³-hybridized carbons (Fsp3) is 0.619. The Kier molecular flexibility index (Phi) is 7.43. The molecule has 1 aromatic heterocycles. The van der Waals surface area contributed by atoms with E-state index in [0.29, 0.717) is 12.1 Å². The van der Waals surface area contributed by atoms with E-state index < -0.39 is 0 Å². The van der Waals surface area contributed by atoms with Gasteiger partial charge in [-0.2, -0.15) is 0 Å². The molecule has 0 radical (unpaired) electrons. The van der Waals surface area contributed by atoms with Crippen LogP contribution in [0.1, 0.15) is 50.4 Å². The van der Waals surface area contributed by atoms with E-state index in [1.807, 2.05) is 0 Å². The van der Waals surface area contributed by atoms with Gasteiger partial charge in [0.15, 0.2) is 0 Å². The number of halogens is 2. The highest BCUT2D eigenvalue weighted by molar-refractivity contribution is 5.86. The Balaban J connectivity index is 0.00000121. The number of nitrogens with zero attached hydrogens (tertiary/aromatic N) is 3. The van der Waals surface area contributed by atoms with Crippen molar-refractivity contribution in [2.24, 2.45) is 0 Å². The number of benzene rings is 1. The number of hydrogen-bond donors (Lipinski definition) is 0. The van der Waals surface area contributed by atoms with Gasteiger partial charge in [0.05, 0.1) is 6.04 Å². The van der Waals surface area contributed by atoms with Gasteiger partial charge in [-0.15, -0.1) is 24.8 Å². The third kappa shape index (κ3) is 3.40. The van der Waals surface area contributed by atoms with Gasteiger partial charge in [-0.1, -0.05) is 38.5 Å². The number of piperazine rings is 1. The van der Waals surface area contributed by atoms with Crippen LogP contribution in [0.2, 0.25) is 0 Å². The van der Waals surface area contributed by atoms with E-state index >= 15 is 0 Å². The van der Waals surface area contributed by atoms with E-state index in [1.165, 1.54) is 68.5 Å². The van der Waals surface area contributed by atoms with Crippen molar-refractivity contribution in [1.29, 1.82) is 0 Å². The summed E-state index contributed by atoms with van der Waals surface area (Å²) in [5, 5.41) is 1.46. The molecule has 3 nitrogen and oxygen atoms in total. The molecule has 0 saturated carbocycles. The summed E-state index contributed by atoms with van der Waals surface area (Å²) in [6, 6.07) is 10.3. The standard InChI is InChI=1S/C21H31N3.2ClH/c1-4-6-12-23-15-14-22(5-2)19-11-13-24-18-10-8-7-9-17(18)16(3)20(24)21(19)23;;/h7-10,19,21H,4-6,11-15H2,1-3H3;2*1H. The molecule has 1 aromatic carbocycles. The second-order valence-corrected chi connectivity index (χ2v) is 7.50. The number of likely N-dealkylation sites (N-methyl/N-ethyl adjacent to an activating group) is 1. The molecule has 5 heteroatoms. The molecule has 0 bridgehead atoms. The van der Waals surface area contributed by atoms with E-state index in [-0.39, 0.29) is 24.8 Å². The van der Waals surface area contributed by atoms with E-state index in [9.17, 15) is 0 Å². The first-order valence-electron chi connectivity index (χ1n) is 9.82.